The van der Waals surface area contributed by atoms with Gasteiger partial charge < -0.3 is 5.73 Å². The van der Waals surface area contributed by atoms with Gasteiger partial charge in [-0.05, 0) is 59.7 Å². The van der Waals surface area contributed by atoms with Crippen LogP contribution in [-0.4, -0.2) is 10.8 Å². The minimum atomic E-state index is -0.0267. The van der Waals surface area contributed by atoms with E-state index < -0.39 is 0 Å². The van der Waals surface area contributed by atoms with Crippen LogP contribution in [0.4, 0.5) is 5.69 Å². The number of nitrogens with zero attached hydrogens (tertiary/aromatic N) is 1. The van der Waals surface area contributed by atoms with Crippen molar-refractivity contribution in [3.8, 4) is 0 Å². The first-order valence-corrected chi connectivity index (χ1v) is 8.19. The lowest BCUT2D eigenvalue weighted by atomic mass is 9.88. The Balaban J connectivity index is 2.26. The third-order valence-electron chi connectivity index (χ3n) is 3.83. The number of nitrogen functional groups attached to an aromatic ring is 1. The molecule has 0 aliphatic carbocycles. The number of benzene rings is 1. The molecule has 0 fully saturated rings. The lowest BCUT2D eigenvalue weighted by molar-refractivity contribution is 0.0939. The van der Waals surface area contributed by atoms with E-state index in [0.717, 1.165) is 27.9 Å². The molecule has 0 bridgehead atoms. The van der Waals surface area contributed by atoms with Gasteiger partial charge in [-0.15, -0.1) is 0 Å². The van der Waals surface area contributed by atoms with Gasteiger partial charge in [-0.3, -0.25) is 9.78 Å². The summed E-state index contributed by atoms with van der Waals surface area (Å²) in [4.78, 5) is 16.6. The number of anilines is 1. The summed E-state index contributed by atoms with van der Waals surface area (Å²) in [5.41, 5.74) is 11.6. The fraction of sp³-hybridized carbons (Fsp3) is 0.333. The van der Waals surface area contributed by atoms with Crippen molar-refractivity contribution < 1.29 is 4.79 Å². The SMILES string of the molecule is Cc1cc(N)cc(C)c1/C=C/c1cncc(C(=O)CC(C)(C)C)c1. The second-order valence-corrected chi connectivity index (χ2v) is 7.57. The molecule has 1 aromatic carbocycles. The maximum atomic E-state index is 12.4. The second-order valence-electron chi connectivity index (χ2n) is 7.57. The average molecular weight is 322 g/mol. The van der Waals surface area contributed by atoms with Crippen LogP contribution in [0.25, 0.3) is 12.2 Å². The Labute approximate surface area is 144 Å². The van der Waals surface area contributed by atoms with Crippen molar-refractivity contribution in [1.82, 2.24) is 4.98 Å². The Morgan fingerprint density at radius 1 is 1.08 bits per heavy atom. The number of nitrogens with two attached hydrogens (primary N) is 1. The van der Waals surface area contributed by atoms with Crippen molar-refractivity contribution in [1.29, 1.82) is 0 Å². The van der Waals surface area contributed by atoms with Crippen molar-refractivity contribution in [2.24, 2.45) is 5.41 Å². The highest BCUT2D eigenvalue weighted by molar-refractivity contribution is 5.96. The minimum Gasteiger partial charge on any atom is -0.399 e. The molecule has 0 saturated heterocycles. The van der Waals surface area contributed by atoms with Gasteiger partial charge in [-0.2, -0.15) is 0 Å². The molecular weight excluding hydrogens is 296 g/mol. The molecular formula is C21H26N2O. The Morgan fingerprint density at radius 3 is 2.29 bits per heavy atom. The topological polar surface area (TPSA) is 56.0 Å². The van der Waals surface area contributed by atoms with E-state index in [1.807, 2.05) is 38.1 Å². The summed E-state index contributed by atoms with van der Waals surface area (Å²) < 4.78 is 0. The van der Waals surface area contributed by atoms with Gasteiger partial charge in [0.1, 0.15) is 0 Å². The van der Waals surface area contributed by atoms with E-state index in [4.69, 9.17) is 5.73 Å². The van der Waals surface area contributed by atoms with Gasteiger partial charge in [-0.25, -0.2) is 0 Å². The molecule has 0 saturated carbocycles. The molecule has 0 amide bonds. The molecule has 0 spiro atoms. The summed E-state index contributed by atoms with van der Waals surface area (Å²) in [5.74, 6) is 0.130. The first kappa shape index (κ1) is 17.9. The van der Waals surface area contributed by atoms with E-state index in [2.05, 4.69) is 31.8 Å². The Morgan fingerprint density at radius 2 is 1.71 bits per heavy atom. The molecule has 126 valence electrons. The smallest absolute Gasteiger partial charge is 0.164 e. The number of aryl methyl sites for hydroxylation is 2. The lowest BCUT2D eigenvalue weighted by Crippen LogP contribution is -2.13. The lowest BCUT2D eigenvalue weighted by Gasteiger charge is -2.16. The summed E-state index contributed by atoms with van der Waals surface area (Å²) >= 11 is 0. The molecule has 0 aliphatic rings. The predicted molar refractivity (Wildman–Crippen MR) is 102 cm³/mol. The molecule has 2 aromatic rings. The fourth-order valence-electron chi connectivity index (χ4n) is 2.74. The van der Waals surface area contributed by atoms with E-state index in [0.29, 0.717) is 12.0 Å². The average Bonchev–Trinajstić information content (AvgIpc) is 2.44. The summed E-state index contributed by atoms with van der Waals surface area (Å²) in [5, 5.41) is 0. The highest BCUT2D eigenvalue weighted by Gasteiger charge is 2.17. The number of Topliss-reactive ketones (excluding diaryl/α,β-unsaturated/α-hetero) is 1. The molecule has 2 rings (SSSR count). The predicted octanol–water partition coefficient (Wildman–Crippen LogP) is 5.07. The minimum absolute atomic E-state index is 0.0267. The van der Waals surface area contributed by atoms with E-state index >= 15 is 0 Å². The van der Waals surface area contributed by atoms with Crippen LogP contribution in [0, 0.1) is 19.3 Å². The van der Waals surface area contributed by atoms with Crippen molar-refractivity contribution in [2.75, 3.05) is 5.73 Å². The monoisotopic (exact) mass is 322 g/mol. The van der Waals surface area contributed by atoms with Crippen molar-refractivity contribution in [3.05, 3.63) is 58.4 Å². The summed E-state index contributed by atoms with van der Waals surface area (Å²) in [6.45, 7) is 10.3. The number of carbonyl (C=O) groups is 1. The quantitative estimate of drug-likeness (QED) is 0.631. The van der Waals surface area contributed by atoms with Crippen LogP contribution in [0.3, 0.4) is 0 Å². The van der Waals surface area contributed by atoms with Gasteiger partial charge in [-0.1, -0.05) is 32.9 Å². The fourth-order valence-corrected chi connectivity index (χ4v) is 2.74. The number of rotatable bonds is 4. The second kappa shape index (κ2) is 7.00. The molecule has 1 aromatic heterocycles. The Hall–Kier alpha value is -2.42. The maximum absolute atomic E-state index is 12.4. The molecule has 1 heterocycles. The van der Waals surface area contributed by atoms with Crippen LogP contribution in [0.15, 0.2) is 30.6 Å². The van der Waals surface area contributed by atoms with Crippen molar-refractivity contribution >= 4 is 23.6 Å². The molecule has 0 atom stereocenters. The number of hydrogen-bond donors (Lipinski definition) is 1. The molecule has 0 aliphatic heterocycles. The highest BCUT2D eigenvalue weighted by atomic mass is 16.1. The van der Waals surface area contributed by atoms with Gasteiger partial charge in [0.2, 0.25) is 0 Å². The van der Waals surface area contributed by atoms with Crippen LogP contribution in [0.5, 0.6) is 0 Å². The third-order valence-corrected chi connectivity index (χ3v) is 3.83. The highest BCUT2D eigenvalue weighted by Crippen LogP contribution is 2.23. The third kappa shape index (κ3) is 4.79. The first-order chi connectivity index (χ1) is 11.2. The number of carbonyl (C=O) groups excluding carboxylic acids is 1. The molecule has 0 unspecified atom stereocenters. The Bertz CT molecular complexity index is 760. The number of pyridine rings is 1. The molecule has 2 N–H and O–H groups in total. The van der Waals surface area contributed by atoms with Gasteiger partial charge >= 0.3 is 0 Å². The van der Waals surface area contributed by atoms with Crippen LogP contribution in [-0.2, 0) is 0 Å². The van der Waals surface area contributed by atoms with Gasteiger partial charge in [0.15, 0.2) is 5.78 Å². The standard InChI is InChI=1S/C21H26N2O/c1-14-8-18(22)9-15(2)19(14)7-6-16-10-17(13-23-12-16)20(24)11-21(3,4)5/h6-10,12-13H,11,22H2,1-5H3/b7-6+. The number of aromatic nitrogens is 1. The zero-order chi connectivity index (χ0) is 17.9. The van der Waals surface area contributed by atoms with Crippen LogP contribution in [0.2, 0.25) is 0 Å². The van der Waals surface area contributed by atoms with Crippen molar-refractivity contribution in [2.45, 2.75) is 41.0 Å². The number of hydrogen-bond acceptors (Lipinski definition) is 3. The zero-order valence-corrected chi connectivity index (χ0v) is 15.2. The van der Waals surface area contributed by atoms with E-state index in [-0.39, 0.29) is 11.2 Å². The van der Waals surface area contributed by atoms with Crippen molar-refractivity contribution in [3.63, 3.8) is 0 Å². The molecule has 0 radical (unpaired) electrons. The van der Waals surface area contributed by atoms with Gasteiger partial charge in [0.25, 0.3) is 0 Å². The number of ketones is 1. The summed E-state index contributed by atoms with van der Waals surface area (Å²) in [6, 6.07) is 5.84. The normalized spacial score (nSPS) is 11.9. The largest absolute Gasteiger partial charge is 0.399 e. The molecule has 24 heavy (non-hydrogen) atoms. The van der Waals surface area contributed by atoms with Crippen LogP contribution in [0.1, 0.15) is 59.8 Å². The maximum Gasteiger partial charge on any atom is 0.164 e. The van der Waals surface area contributed by atoms with Gasteiger partial charge in [0.05, 0.1) is 0 Å². The van der Waals surface area contributed by atoms with E-state index in [9.17, 15) is 4.79 Å². The summed E-state index contributed by atoms with van der Waals surface area (Å²) in [6.07, 6.45) is 7.97. The van der Waals surface area contributed by atoms with E-state index in [1.54, 1.807) is 12.4 Å². The van der Waals surface area contributed by atoms with Crippen LogP contribution < -0.4 is 5.73 Å². The van der Waals surface area contributed by atoms with Gasteiger partial charge in [0, 0.05) is 30.1 Å². The first-order valence-electron chi connectivity index (χ1n) is 8.19. The zero-order valence-electron chi connectivity index (χ0n) is 15.2. The summed E-state index contributed by atoms with van der Waals surface area (Å²) in [7, 11) is 0. The molecule has 3 nitrogen and oxygen atoms in total. The molecule has 3 heteroatoms. The Kier molecular flexibility index (Phi) is 5.23. The van der Waals surface area contributed by atoms with Crippen LogP contribution >= 0.6 is 0 Å². The van der Waals surface area contributed by atoms with E-state index in [1.165, 1.54) is 0 Å².